The standard InChI is InChI=1S/C33H40O8/c1-21(2)6-14-28-32(3,41-28)31-30(37-5)26(16-17-33(31)20-38-33)40-29(35)15-10-22-9-13-25(27(18-22)36-4)39-24-11-7-23(19-34)8-12-24/h6-13,15,18,26,28,30-31,34H,14,16-17,19-20H2,1-5H3/t26-,28-,30-,31-,32+,33+/m1/s1. The molecule has 2 aromatic rings. The molecule has 8 heteroatoms. The predicted molar refractivity (Wildman–Crippen MR) is 154 cm³/mol. The number of benzene rings is 2. The molecule has 0 amide bonds. The van der Waals surface area contributed by atoms with Crippen LogP contribution in [0.25, 0.3) is 6.08 Å². The van der Waals surface area contributed by atoms with E-state index in [9.17, 15) is 9.90 Å². The maximum Gasteiger partial charge on any atom is 0.331 e. The third-order valence-electron chi connectivity index (χ3n) is 8.44. The summed E-state index contributed by atoms with van der Waals surface area (Å²) in [5.74, 6) is 1.22. The Hall–Kier alpha value is -3.17. The SMILES string of the molecule is COc1cc(C=CC(=O)O[C@@H]2CC[C@]3(CO3)[C@@H]([C@@]3(C)O[C@@H]3CC=C(C)C)[C@@H]2OC)ccc1Oc1ccc(CO)cc1. The monoisotopic (exact) mass is 564 g/mol. The van der Waals surface area contributed by atoms with Gasteiger partial charge in [0.15, 0.2) is 11.5 Å². The molecule has 0 radical (unpaired) electrons. The third kappa shape index (κ3) is 6.36. The second-order valence-electron chi connectivity index (χ2n) is 11.5. The number of hydrogen-bond acceptors (Lipinski definition) is 8. The molecule has 2 saturated heterocycles. The lowest BCUT2D eigenvalue weighted by Gasteiger charge is -2.42. The van der Waals surface area contributed by atoms with E-state index in [2.05, 4.69) is 26.8 Å². The number of hydrogen-bond donors (Lipinski definition) is 1. The number of ether oxygens (including phenoxy) is 6. The maximum absolute atomic E-state index is 12.9. The first kappa shape index (κ1) is 29.3. The maximum atomic E-state index is 12.9. The Morgan fingerprint density at radius 3 is 2.51 bits per heavy atom. The summed E-state index contributed by atoms with van der Waals surface area (Å²) in [5, 5.41) is 9.23. The molecule has 0 bridgehead atoms. The van der Waals surface area contributed by atoms with Crippen LogP contribution in [0.3, 0.4) is 0 Å². The first-order chi connectivity index (χ1) is 19.7. The van der Waals surface area contributed by atoms with Crippen LogP contribution in [0, 0.1) is 5.92 Å². The summed E-state index contributed by atoms with van der Waals surface area (Å²) in [7, 11) is 3.23. The lowest BCUT2D eigenvalue weighted by atomic mass is 9.68. The minimum atomic E-state index is -0.435. The summed E-state index contributed by atoms with van der Waals surface area (Å²) < 4.78 is 35.6. The number of aliphatic hydroxyl groups is 1. The highest BCUT2D eigenvalue weighted by Gasteiger charge is 2.72. The van der Waals surface area contributed by atoms with Crippen molar-refractivity contribution in [2.24, 2.45) is 5.92 Å². The number of allylic oxidation sites excluding steroid dienone is 1. The largest absolute Gasteiger partial charge is 0.493 e. The van der Waals surface area contributed by atoms with Gasteiger partial charge in [0, 0.05) is 13.2 Å². The van der Waals surface area contributed by atoms with Crippen LogP contribution in [0.4, 0.5) is 0 Å². The van der Waals surface area contributed by atoms with Crippen molar-refractivity contribution in [1.29, 1.82) is 0 Å². The molecule has 2 aromatic carbocycles. The number of esters is 1. The Kier molecular flexibility index (Phi) is 8.57. The Morgan fingerprint density at radius 2 is 1.88 bits per heavy atom. The molecule has 8 nitrogen and oxygen atoms in total. The summed E-state index contributed by atoms with van der Waals surface area (Å²) >= 11 is 0. The van der Waals surface area contributed by atoms with E-state index in [-0.39, 0.29) is 35.9 Å². The fourth-order valence-corrected chi connectivity index (χ4v) is 6.09. The van der Waals surface area contributed by atoms with E-state index in [0.717, 1.165) is 24.0 Å². The minimum Gasteiger partial charge on any atom is -0.493 e. The summed E-state index contributed by atoms with van der Waals surface area (Å²) in [6, 6.07) is 12.6. The predicted octanol–water partition coefficient (Wildman–Crippen LogP) is 5.61. The number of methoxy groups -OCH3 is 2. The van der Waals surface area contributed by atoms with E-state index in [1.165, 1.54) is 11.6 Å². The summed E-state index contributed by atoms with van der Waals surface area (Å²) in [6.07, 6.45) is 7.01. The van der Waals surface area contributed by atoms with Crippen LogP contribution in [0.2, 0.25) is 0 Å². The van der Waals surface area contributed by atoms with Crippen LogP contribution >= 0.6 is 0 Å². The average molecular weight is 565 g/mol. The summed E-state index contributed by atoms with van der Waals surface area (Å²) in [5.41, 5.74) is 2.17. The van der Waals surface area contributed by atoms with Gasteiger partial charge in [0.05, 0.1) is 32.3 Å². The lowest BCUT2D eigenvalue weighted by Crippen LogP contribution is -2.55. The van der Waals surface area contributed by atoms with Gasteiger partial charge in [-0.1, -0.05) is 29.8 Å². The fourth-order valence-electron chi connectivity index (χ4n) is 6.09. The number of aliphatic hydroxyl groups excluding tert-OH is 1. The van der Waals surface area contributed by atoms with Crippen LogP contribution in [-0.4, -0.2) is 61.4 Å². The quantitative estimate of drug-likeness (QED) is 0.163. The average Bonchev–Trinajstić information content (AvgIpc) is 3.89. The van der Waals surface area contributed by atoms with E-state index in [1.54, 1.807) is 56.7 Å². The number of epoxide rings is 2. The van der Waals surface area contributed by atoms with Crippen molar-refractivity contribution in [3.63, 3.8) is 0 Å². The zero-order chi connectivity index (χ0) is 29.2. The Morgan fingerprint density at radius 1 is 1.12 bits per heavy atom. The van der Waals surface area contributed by atoms with Crippen molar-refractivity contribution in [1.82, 2.24) is 0 Å². The van der Waals surface area contributed by atoms with Gasteiger partial charge in [-0.15, -0.1) is 0 Å². The van der Waals surface area contributed by atoms with Gasteiger partial charge in [-0.3, -0.25) is 0 Å². The molecule has 220 valence electrons. The van der Waals surface area contributed by atoms with Gasteiger partial charge in [-0.05, 0) is 81.5 Å². The van der Waals surface area contributed by atoms with Crippen LogP contribution in [0.1, 0.15) is 51.2 Å². The first-order valence-electron chi connectivity index (χ1n) is 14.1. The van der Waals surface area contributed by atoms with E-state index in [0.29, 0.717) is 30.3 Å². The molecule has 2 aliphatic heterocycles. The molecule has 0 unspecified atom stereocenters. The highest BCUT2D eigenvalue weighted by Crippen LogP contribution is 2.59. The highest BCUT2D eigenvalue weighted by molar-refractivity contribution is 5.87. The van der Waals surface area contributed by atoms with Gasteiger partial charge < -0.3 is 33.5 Å². The van der Waals surface area contributed by atoms with E-state index >= 15 is 0 Å². The topological polar surface area (TPSA) is 99.3 Å². The Bertz CT molecular complexity index is 1290. The molecule has 1 spiro atoms. The van der Waals surface area contributed by atoms with Gasteiger partial charge >= 0.3 is 5.97 Å². The van der Waals surface area contributed by atoms with Gasteiger partial charge in [0.1, 0.15) is 29.2 Å². The molecule has 3 fully saturated rings. The van der Waals surface area contributed by atoms with Crippen molar-refractivity contribution in [2.75, 3.05) is 20.8 Å². The van der Waals surface area contributed by atoms with Crippen molar-refractivity contribution >= 4 is 12.0 Å². The Balaban J connectivity index is 1.23. The van der Waals surface area contributed by atoms with Gasteiger partial charge in [-0.2, -0.15) is 0 Å². The fraction of sp³-hybridized carbons (Fsp3) is 0.485. The second-order valence-corrected chi connectivity index (χ2v) is 11.5. The van der Waals surface area contributed by atoms with Crippen molar-refractivity contribution < 1.29 is 38.3 Å². The van der Waals surface area contributed by atoms with Crippen LogP contribution < -0.4 is 9.47 Å². The summed E-state index contributed by atoms with van der Waals surface area (Å²) in [6.45, 7) is 6.96. The third-order valence-corrected chi connectivity index (χ3v) is 8.44. The van der Waals surface area contributed by atoms with Crippen molar-refractivity contribution in [3.05, 3.63) is 71.3 Å². The Labute approximate surface area is 241 Å². The van der Waals surface area contributed by atoms with E-state index < -0.39 is 12.1 Å². The van der Waals surface area contributed by atoms with E-state index in [4.69, 9.17) is 28.4 Å². The number of carbonyl (C=O) groups excluding carboxylic acids is 1. The molecule has 1 N–H and O–H groups in total. The van der Waals surface area contributed by atoms with Gasteiger partial charge in [0.25, 0.3) is 0 Å². The van der Waals surface area contributed by atoms with Crippen molar-refractivity contribution in [3.8, 4) is 17.2 Å². The zero-order valence-electron chi connectivity index (χ0n) is 24.4. The molecule has 3 aliphatic rings. The van der Waals surface area contributed by atoms with Crippen LogP contribution in [0.15, 0.2) is 60.2 Å². The van der Waals surface area contributed by atoms with Crippen LogP contribution in [-0.2, 0) is 30.3 Å². The molecule has 2 heterocycles. The van der Waals surface area contributed by atoms with Crippen molar-refractivity contribution in [2.45, 2.75) is 76.2 Å². The molecule has 5 rings (SSSR count). The molecule has 6 atom stereocenters. The molecular formula is C33H40O8. The minimum absolute atomic E-state index is 0.0252. The number of carbonyl (C=O) groups is 1. The molecule has 41 heavy (non-hydrogen) atoms. The van der Waals surface area contributed by atoms with Crippen LogP contribution in [0.5, 0.6) is 17.2 Å². The van der Waals surface area contributed by atoms with E-state index in [1.807, 2.05) is 6.07 Å². The highest BCUT2D eigenvalue weighted by atomic mass is 16.6. The molecule has 0 aromatic heterocycles. The second kappa shape index (κ2) is 12.0. The smallest absolute Gasteiger partial charge is 0.331 e. The first-order valence-corrected chi connectivity index (χ1v) is 14.1. The molecular weight excluding hydrogens is 524 g/mol. The van der Waals surface area contributed by atoms with Gasteiger partial charge in [0.2, 0.25) is 0 Å². The zero-order valence-corrected chi connectivity index (χ0v) is 24.4. The molecule has 1 saturated carbocycles. The number of rotatable bonds is 11. The summed E-state index contributed by atoms with van der Waals surface area (Å²) in [4.78, 5) is 12.9. The normalized spacial score (nSPS) is 30.2. The lowest BCUT2D eigenvalue weighted by molar-refractivity contribution is -0.166. The molecule has 1 aliphatic carbocycles. The van der Waals surface area contributed by atoms with Gasteiger partial charge in [-0.25, -0.2) is 4.79 Å².